The lowest BCUT2D eigenvalue weighted by atomic mass is 9.50. The first-order valence-corrected chi connectivity index (χ1v) is 12.8. The van der Waals surface area contributed by atoms with Gasteiger partial charge in [0.25, 0.3) is 5.56 Å². The zero-order chi connectivity index (χ0) is 23.8. The zero-order valence-corrected chi connectivity index (χ0v) is 19.9. The lowest BCUT2D eigenvalue weighted by Crippen LogP contribution is -2.48. The quantitative estimate of drug-likeness (QED) is 0.454. The van der Waals surface area contributed by atoms with Crippen molar-refractivity contribution in [2.24, 2.45) is 34.6 Å². The molecular weight excluding hydrogens is 461 g/mol. The Balaban J connectivity index is 1.38. The number of aromatic amines is 1. The molecule has 7 rings (SSSR count). The summed E-state index contributed by atoms with van der Waals surface area (Å²) >= 11 is 1.17. The largest absolute Gasteiger partial charge is 0.433 e. The van der Waals surface area contributed by atoms with Crippen molar-refractivity contribution in [2.45, 2.75) is 58.2 Å². The van der Waals surface area contributed by atoms with Gasteiger partial charge in [-0.2, -0.15) is 17.9 Å². The number of halogens is 3. The summed E-state index contributed by atoms with van der Waals surface area (Å²) < 4.78 is 43.7. The van der Waals surface area contributed by atoms with Crippen molar-refractivity contribution in [3.05, 3.63) is 45.9 Å². The first-order chi connectivity index (χ1) is 16.2. The molecule has 9 heteroatoms. The van der Waals surface area contributed by atoms with E-state index in [1.54, 1.807) is 12.1 Å². The summed E-state index contributed by atoms with van der Waals surface area (Å²) in [6.45, 7) is 3.55. The van der Waals surface area contributed by atoms with Crippen molar-refractivity contribution < 1.29 is 13.2 Å². The molecule has 180 valence electrons. The van der Waals surface area contributed by atoms with Crippen LogP contribution in [0.15, 0.2) is 34.1 Å². The summed E-state index contributed by atoms with van der Waals surface area (Å²) in [6.07, 6.45) is 1.52. The highest BCUT2D eigenvalue weighted by Crippen LogP contribution is 2.57. The Kier molecular flexibility index (Phi) is 5.06. The minimum absolute atomic E-state index is 0.110. The van der Waals surface area contributed by atoms with E-state index in [0.717, 1.165) is 21.2 Å². The molecule has 2 heterocycles. The van der Waals surface area contributed by atoms with Crippen LogP contribution in [0.4, 0.5) is 13.2 Å². The van der Waals surface area contributed by atoms with E-state index in [1.807, 2.05) is 19.1 Å². The van der Waals surface area contributed by atoms with Gasteiger partial charge in [-0.15, -0.1) is 0 Å². The molecule has 1 aromatic carbocycles. The molecule has 1 N–H and O–H groups in total. The van der Waals surface area contributed by atoms with Crippen LogP contribution in [0.5, 0.6) is 0 Å². The van der Waals surface area contributed by atoms with E-state index in [9.17, 15) is 18.0 Å². The van der Waals surface area contributed by atoms with Gasteiger partial charge in [0.15, 0.2) is 5.69 Å². The number of aliphatic imine (C=N–C) groups is 1. The highest BCUT2D eigenvalue weighted by molar-refractivity contribution is 7.20. The second-order valence-corrected chi connectivity index (χ2v) is 11.4. The number of rotatable bonds is 4. The molecule has 3 aromatic rings. The van der Waals surface area contributed by atoms with E-state index in [-0.39, 0.29) is 16.9 Å². The first-order valence-electron chi connectivity index (χ1n) is 12.0. The maximum Gasteiger partial charge on any atom is 0.433 e. The molecule has 0 amide bonds. The van der Waals surface area contributed by atoms with E-state index in [0.29, 0.717) is 23.3 Å². The highest BCUT2D eigenvalue weighted by Gasteiger charge is 2.50. The molecule has 1 atom stereocenters. The fraction of sp³-hybridized carbons (Fsp3) is 0.560. The van der Waals surface area contributed by atoms with Crippen LogP contribution < -0.4 is 5.56 Å². The number of fused-ring (bicyclic) bond motifs is 1. The van der Waals surface area contributed by atoms with E-state index < -0.39 is 23.0 Å². The third kappa shape index (κ3) is 3.54. The third-order valence-electron chi connectivity index (χ3n) is 8.26. The van der Waals surface area contributed by atoms with Gasteiger partial charge in [0.05, 0.1) is 21.8 Å². The number of aromatic nitrogens is 3. The van der Waals surface area contributed by atoms with Crippen molar-refractivity contribution in [3.8, 4) is 5.13 Å². The third-order valence-corrected chi connectivity index (χ3v) is 9.29. The topological polar surface area (TPSA) is 63.0 Å². The van der Waals surface area contributed by atoms with Crippen LogP contribution in [0.25, 0.3) is 15.3 Å². The SMILES string of the molecule is CC(=N[C@@H](C)C1C2CC3CC(C2)CC1C3)c1c(C(F)(F)F)[nH]n(-c2nc3ccccc3s2)c1=O. The molecule has 0 radical (unpaired) electrons. The van der Waals surface area contributed by atoms with Crippen LogP contribution in [0.1, 0.15) is 57.2 Å². The average Bonchev–Trinajstić information content (AvgIpc) is 3.33. The van der Waals surface area contributed by atoms with E-state index >= 15 is 0 Å². The number of H-pyrrole nitrogens is 1. The highest BCUT2D eigenvalue weighted by atomic mass is 32.1. The number of nitrogens with zero attached hydrogens (tertiary/aromatic N) is 3. The second kappa shape index (κ2) is 7.80. The Bertz CT molecular complexity index is 1270. The summed E-state index contributed by atoms with van der Waals surface area (Å²) in [5.41, 5.74) is -1.43. The molecule has 0 aliphatic heterocycles. The molecule has 0 unspecified atom stereocenters. The Hall–Kier alpha value is -2.42. The van der Waals surface area contributed by atoms with Gasteiger partial charge in [0.1, 0.15) is 0 Å². The first kappa shape index (κ1) is 22.1. The summed E-state index contributed by atoms with van der Waals surface area (Å²) in [5.74, 6) is 3.24. The molecule has 4 aliphatic carbocycles. The Morgan fingerprint density at radius 2 is 1.79 bits per heavy atom. The predicted octanol–water partition coefficient (Wildman–Crippen LogP) is 6.06. The summed E-state index contributed by atoms with van der Waals surface area (Å²) in [5, 5.41) is 2.48. The molecule has 0 spiro atoms. The fourth-order valence-electron chi connectivity index (χ4n) is 7.28. The molecule has 0 saturated heterocycles. The van der Waals surface area contributed by atoms with Gasteiger partial charge in [-0.05, 0) is 87.7 Å². The van der Waals surface area contributed by atoms with Crippen molar-refractivity contribution in [1.82, 2.24) is 14.8 Å². The van der Waals surface area contributed by atoms with E-state index in [4.69, 9.17) is 4.99 Å². The predicted molar refractivity (Wildman–Crippen MR) is 127 cm³/mol. The van der Waals surface area contributed by atoms with Gasteiger partial charge < -0.3 is 0 Å². The van der Waals surface area contributed by atoms with Crippen LogP contribution in [-0.4, -0.2) is 26.5 Å². The van der Waals surface area contributed by atoms with Crippen LogP contribution >= 0.6 is 11.3 Å². The summed E-state index contributed by atoms with van der Waals surface area (Å²) in [6, 6.07) is 7.12. The molecule has 5 nitrogen and oxygen atoms in total. The monoisotopic (exact) mass is 488 g/mol. The summed E-state index contributed by atoms with van der Waals surface area (Å²) in [4.78, 5) is 22.4. The number of hydrogen-bond acceptors (Lipinski definition) is 4. The summed E-state index contributed by atoms with van der Waals surface area (Å²) in [7, 11) is 0. The van der Waals surface area contributed by atoms with Crippen LogP contribution in [-0.2, 0) is 6.18 Å². The van der Waals surface area contributed by atoms with Crippen LogP contribution in [0.3, 0.4) is 0 Å². The Morgan fingerprint density at radius 1 is 1.15 bits per heavy atom. The average molecular weight is 489 g/mol. The standard InChI is InChI=1S/C25H27F3N4OS/c1-12(20-16-8-14-7-15(10-16)11-17(20)9-14)29-13(2)21-22(25(26,27)28)31-32(23(21)33)24-30-18-5-3-4-6-19(18)34-24/h3-6,12,14-17,20,31H,7-11H2,1-2H3/t12-,14?,15?,16?,17?,20?/m0/s1. The second-order valence-electron chi connectivity index (χ2n) is 10.4. The van der Waals surface area contributed by atoms with Crippen LogP contribution in [0, 0.1) is 29.6 Å². The van der Waals surface area contributed by atoms with Gasteiger partial charge in [0.2, 0.25) is 5.13 Å². The number of alkyl halides is 3. The van der Waals surface area contributed by atoms with Crippen molar-refractivity contribution in [2.75, 3.05) is 0 Å². The molecule has 4 saturated carbocycles. The molecule has 4 fully saturated rings. The van der Waals surface area contributed by atoms with E-state index in [2.05, 4.69) is 10.1 Å². The molecular formula is C25H27F3N4OS. The van der Waals surface area contributed by atoms with Gasteiger partial charge in [-0.1, -0.05) is 23.5 Å². The van der Waals surface area contributed by atoms with Crippen LogP contribution in [0.2, 0.25) is 0 Å². The van der Waals surface area contributed by atoms with E-state index in [1.165, 1.54) is 50.4 Å². The lowest BCUT2D eigenvalue weighted by molar-refractivity contribution is -0.141. The fourth-order valence-corrected chi connectivity index (χ4v) is 8.20. The molecule has 2 aromatic heterocycles. The molecule has 34 heavy (non-hydrogen) atoms. The number of nitrogens with one attached hydrogen (secondary N) is 1. The minimum atomic E-state index is -4.71. The molecule has 4 aliphatic rings. The van der Waals surface area contributed by atoms with Crippen molar-refractivity contribution in [1.29, 1.82) is 0 Å². The maximum absolute atomic E-state index is 14.0. The zero-order valence-electron chi connectivity index (χ0n) is 19.1. The number of hydrogen-bond donors (Lipinski definition) is 1. The smallest absolute Gasteiger partial charge is 0.286 e. The number of para-hydroxylation sites is 1. The molecule has 4 bridgehead atoms. The Morgan fingerprint density at radius 3 is 2.41 bits per heavy atom. The normalized spacial score (nSPS) is 29.8. The van der Waals surface area contributed by atoms with Gasteiger partial charge in [0, 0.05) is 5.71 Å². The van der Waals surface area contributed by atoms with Gasteiger partial charge in [-0.25, -0.2) is 4.98 Å². The van der Waals surface area contributed by atoms with Crippen molar-refractivity contribution in [3.63, 3.8) is 0 Å². The van der Waals surface area contributed by atoms with Gasteiger partial charge >= 0.3 is 6.18 Å². The number of thiazole rings is 1. The minimum Gasteiger partial charge on any atom is -0.286 e. The Labute approximate surface area is 199 Å². The number of benzene rings is 1. The lowest BCUT2D eigenvalue weighted by Gasteiger charge is -2.55. The van der Waals surface area contributed by atoms with Crippen molar-refractivity contribution >= 4 is 27.3 Å². The van der Waals surface area contributed by atoms with Gasteiger partial charge in [-0.3, -0.25) is 14.9 Å². The maximum atomic E-state index is 14.0.